The maximum atomic E-state index is 5.85. The summed E-state index contributed by atoms with van der Waals surface area (Å²) in [5.74, 6) is 0.654. The second-order valence-electron chi connectivity index (χ2n) is 3.66. The maximum Gasteiger partial charge on any atom is 0.258 e. The van der Waals surface area contributed by atoms with Crippen LogP contribution < -0.4 is 5.32 Å². The molecule has 0 atom stereocenters. The summed E-state index contributed by atoms with van der Waals surface area (Å²) in [6, 6.07) is 0. The van der Waals surface area contributed by atoms with Gasteiger partial charge in [-0.2, -0.15) is 24.7 Å². The third kappa shape index (κ3) is 2.85. The average molecular weight is 293 g/mol. The van der Waals surface area contributed by atoms with Crippen LogP contribution in [0.15, 0.2) is 25.0 Å². The molecule has 0 fully saturated rings. The summed E-state index contributed by atoms with van der Waals surface area (Å²) in [5, 5.41) is 14.6. The quantitative estimate of drug-likeness (QED) is 0.688. The zero-order valence-corrected chi connectivity index (χ0v) is 10.9. The number of halogens is 1. The van der Waals surface area contributed by atoms with Gasteiger partial charge in [0.2, 0.25) is 11.2 Å². The highest BCUT2D eigenvalue weighted by atomic mass is 35.5. The lowest BCUT2D eigenvalue weighted by Gasteiger charge is -2.06. The van der Waals surface area contributed by atoms with Crippen LogP contribution in [0, 0.1) is 0 Å². The molecule has 102 valence electrons. The Morgan fingerprint density at radius 3 is 2.95 bits per heavy atom. The summed E-state index contributed by atoms with van der Waals surface area (Å²) in [5.41, 5.74) is 0. The van der Waals surface area contributed by atoms with Crippen LogP contribution in [0.1, 0.15) is 0 Å². The van der Waals surface area contributed by atoms with Gasteiger partial charge < -0.3 is 5.32 Å². The molecule has 0 bridgehead atoms. The highest BCUT2D eigenvalue weighted by Crippen LogP contribution is 2.08. The van der Waals surface area contributed by atoms with Crippen LogP contribution in [0.5, 0.6) is 0 Å². The fourth-order valence-corrected chi connectivity index (χ4v) is 1.62. The van der Waals surface area contributed by atoms with E-state index in [9.17, 15) is 0 Å². The molecule has 0 saturated carbocycles. The van der Waals surface area contributed by atoms with E-state index in [0.29, 0.717) is 25.0 Å². The van der Waals surface area contributed by atoms with E-state index >= 15 is 0 Å². The van der Waals surface area contributed by atoms with Gasteiger partial charge in [0.15, 0.2) is 0 Å². The minimum absolute atomic E-state index is 0.0776. The highest BCUT2D eigenvalue weighted by Gasteiger charge is 2.07. The van der Waals surface area contributed by atoms with Gasteiger partial charge in [0.25, 0.3) is 5.95 Å². The maximum absolute atomic E-state index is 5.85. The molecule has 11 heteroatoms. The van der Waals surface area contributed by atoms with Crippen molar-refractivity contribution in [3.05, 3.63) is 30.3 Å². The van der Waals surface area contributed by atoms with Gasteiger partial charge in [0.05, 0.1) is 12.7 Å². The first-order chi connectivity index (χ1) is 9.81. The molecule has 3 rings (SSSR count). The molecule has 3 heterocycles. The third-order valence-electron chi connectivity index (χ3n) is 2.32. The number of hydrogen-bond acceptors (Lipinski definition) is 8. The van der Waals surface area contributed by atoms with Crippen molar-refractivity contribution < 1.29 is 0 Å². The number of hydrogen-bond donors (Lipinski definition) is 1. The van der Waals surface area contributed by atoms with Gasteiger partial charge in [-0.25, -0.2) is 4.98 Å². The number of rotatable bonds is 5. The topological polar surface area (TPSA) is 112 Å². The summed E-state index contributed by atoms with van der Waals surface area (Å²) in [7, 11) is 0. The van der Waals surface area contributed by atoms with Crippen molar-refractivity contribution in [2.75, 3.05) is 11.9 Å². The predicted octanol–water partition coefficient (Wildman–Crippen LogP) is -0.191. The van der Waals surface area contributed by atoms with E-state index in [1.54, 1.807) is 17.1 Å². The van der Waals surface area contributed by atoms with E-state index in [0.717, 1.165) is 0 Å². The molecule has 0 amide bonds. The van der Waals surface area contributed by atoms with Crippen LogP contribution in [0.2, 0.25) is 5.28 Å². The summed E-state index contributed by atoms with van der Waals surface area (Å²) < 4.78 is 3.09. The SMILES string of the molecule is Clc1nc(NCCn2ccnn2)nc(-n2cncn2)n1. The smallest absolute Gasteiger partial charge is 0.258 e. The van der Waals surface area contributed by atoms with Crippen LogP contribution in [0.4, 0.5) is 5.95 Å². The van der Waals surface area contributed by atoms with Crippen molar-refractivity contribution in [1.29, 1.82) is 0 Å². The largest absolute Gasteiger partial charge is 0.352 e. The Balaban J connectivity index is 1.70. The van der Waals surface area contributed by atoms with E-state index < -0.39 is 0 Å². The summed E-state index contributed by atoms with van der Waals surface area (Å²) in [6.45, 7) is 1.20. The van der Waals surface area contributed by atoms with Crippen LogP contribution in [0.3, 0.4) is 0 Å². The first-order valence-corrected chi connectivity index (χ1v) is 6.03. The number of aromatic nitrogens is 9. The Morgan fingerprint density at radius 1 is 1.25 bits per heavy atom. The Kier molecular flexibility index (Phi) is 3.46. The summed E-state index contributed by atoms with van der Waals surface area (Å²) in [4.78, 5) is 16.0. The molecular formula is C9H9ClN10. The zero-order chi connectivity index (χ0) is 13.8. The van der Waals surface area contributed by atoms with Crippen molar-refractivity contribution in [3.8, 4) is 5.95 Å². The Hall–Kier alpha value is -2.62. The molecule has 0 aliphatic rings. The molecule has 20 heavy (non-hydrogen) atoms. The van der Waals surface area contributed by atoms with Gasteiger partial charge in [-0.05, 0) is 11.6 Å². The van der Waals surface area contributed by atoms with Gasteiger partial charge >= 0.3 is 0 Å². The molecule has 3 aromatic rings. The molecule has 0 aromatic carbocycles. The monoisotopic (exact) mass is 292 g/mol. The van der Waals surface area contributed by atoms with Gasteiger partial charge in [0, 0.05) is 12.7 Å². The predicted molar refractivity (Wildman–Crippen MR) is 68.3 cm³/mol. The van der Waals surface area contributed by atoms with Crippen molar-refractivity contribution in [2.45, 2.75) is 6.54 Å². The van der Waals surface area contributed by atoms with Crippen LogP contribution >= 0.6 is 11.6 Å². The van der Waals surface area contributed by atoms with Crippen LogP contribution in [-0.2, 0) is 6.54 Å². The summed E-state index contributed by atoms with van der Waals surface area (Å²) >= 11 is 5.85. The minimum atomic E-state index is 0.0776. The number of anilines is 1. The Bertz CT molecular complexity index is 664. The van der Waals surface area contributed by atoms with E-state index in [2.05, 4.69) is 40.7 Å². The molecular weight excluding hydrogens is 284 g/mol. The zero-order valence-electron chi connectivity index (χ0n) is 10.1. The third-order valence-corrected chi connectivity index (χ3v) is 2.48. The fraction of sp³-hybridized carbons (Fsp3) is 0.222. The lowest BCUT2D eigenvalue weighted by atomic mass is 10.6. The first-order valence-electron chi connectivity index (χ1n) is 5.66. The standard InChI is InChI=1S/C9H9ClN10/c10-7-15-8(12-1-3-19-4-2-13-18-19)17-9(16-7)20-6-11-5-14-20/h2,4-6H,1,3H2,(H,12,15,16,17). The van der Waals surface area contributed by atoms with Gasteiger partial charge in [0.1, 0.15) is 12.7 Å². The van der Waals surface area contributed by atoms with Crippen molar-refractivity contribution in [3.63, 3.8) is 0 Å². The van der Waals surface area contributed by atoms with E-state index in [1.165, 1.54) is 17.3 Å². The molecule has 1 N–H and O–H groups in total. The van der Waals surface area contributed by atoms with Crippen LogP contribution in [0.25, 0.3) is 5.95 Å². The minimum Gasteiger partial charge on any atom is -0.352 e. The van der Waals surface area contributed by atoms with Crippen molar-refractivity contribution >= 4 is 17.5 Å². The van der Waals surface area contributed by atoms with Gasteiger partial charge in [-0.3, -0.25) is 4.68 Å². The Morgan fingerprint density at radius 2 is 2.20 bits per heavy atom. The molecule has 10 nitrogen and oxygen atoms in total. The first kappa shape index (κ1) is 12.4. The summed E-state index contributed by atoms with van der Waals surface area (Å²) in [6.07, 6.45) is 6.24. The van der Waals surface area contributed by atoms with E-state index in [1.807, 2.05) is 0 Å². The van der Waals surface area contributed by atoms with Gasteiger partial charge in [-0.15, -0.1) is 5.10 Å². The fourth-order valence-electron chi connectivity index (χ4n) is 1.47. The van der Waals surface area contributed by atoms with E-state index in [-0.39, 0.29) is 5.28 Å². The Labute approximate surface area is 117 Å². The van der Waals surface area contributed by atoms with Crippen molar-refractivity contribution in [1.82, 2.24) is 44.7 Å². The lowest BCUT2D eigenvalue weighted by Crippen LogP contribution is -2.14. The normalized spacial score (nSPS) is 10.7. The molecule has 3 aromatic heterocycles. The molecule has 0 radical (unpaired) electrons. The number of nitrogens with zero attached hydrogens (tertiary/aromatic N) is 9. The second kappa shape index (κ2) is 5.57. The number of nitrogens with one attached hydrogen (secondary N) is 1. The lowest BCUT2D eigenvalue weighted by molar-refractivity contribution is 0.607. The molecule has 0 spiro atoms. The molecule has 0 aliphatic carbocycles. The second-order valence-corrected chi connectivity index (χ2v) is 4.00. The molecule has 0 aliphatic heterocycles. The van der Waals surface area contributed by atoms with Crippen molar-refractivity contribution in [2.24, 2.45) is 0 Å². The molecule has 0 saturated heterocycles. The highest BCUT2D eigenvalue weighted by molar-refractivity contribution is 6.28. The van der Waals surface area contributed by atoms with E-state index in [4.69, 9.17) is 11.6 Å². The van der Waals surface area contributed by atoms with Gasteiger partial charge in [-0.1, -0.05) is 5.21 Å². The van der Waals surface area contributed by atoms with Crippen LogP contribution in [-0.4, -0.2) is 51.3 Å². The molecule has 0 unspecified atom stereocenters. The average Bonchev–Trinajstić information content (AvgIpc) is 3.11.